The van der Waals surface area contributed by atoms with Crippen molar-refractivity contribution in [3.8, 4) is 11.8 Å². The van der Waals surface area contributed by atoms with Gasteiger partial charge in [-0.1, -0.05) is 5.92 Å². The smallest absolute Gasteiger partial charge is 0.313 e. The van der Waals surface area contributed by atoms with Crippen molar-refractivity contribution in [1.29, 1.82) is 0 Å². The molecule has 0 radical (unpaired) electrons. The van der Waals surface area contributed by atoms with E-state index in [-0.39, 0.29) is 11.2 Å². The summed E-state index contributed by atoms with van der Waals surface area (Å²) in [5.74, 6) is 5.62. The average molecular weight is 232 g/mol. The first kappa shape index (κ1) is 11.2. The van der Waals surface area contributed by atoms with Crippen LogP contribution in [0.25, 0.3) is 11.2 Å². The van der Waals surface area contributed by atoms with Gasteiger partial charge in [0.05, 0.1) is 12.9 Å². The van der Waals surface area contributed by atoms with Gasteiger partial charge in [0.1, 0.15) is 0 Å². The lowest BCUT2D eigenvalue weighted by molar-refractivity contribution is 0.704. The summed E-state index contributed by atoms with van der Waals surface area (Å²) in [6.07, 6.45) is 1.52. The highest BCUT2D eigenvalue weighted by Crippen LogP contribution is 2.04. The average Bonchev–Trinajstić information content (AvgIpc) is 2.75. The maximum Gasteiger partial charge on any atom is 0.332 e. The lowest BCUT2D eigenvalue weighted by Crippen LogP contribution is -2.37. The number of aromatic nitrogens is 4. The van der Waals surface area contributed by atoms with E-state index >= 15 is 0 Å². The van der Waals surface area contributed by atoms with Gasteiger partial charge in [0.25, 0.3) is 5.56 Å². The molecule has 0 saturated carbocycles. The third-order valence-electron chi connectivity index (χ3n) is 2.64. The molecular formula is C11H12N4O2. The Morgan fingerprint density at radius 1 is 1.29 bits per heavy atom. The minimum Gasteiger partial charge on any atom is -0.313 e. The number of fused-ring (bicyclic) bond motifs is 1. The summed E-state index contributed by atoms with van der Waals surface area (Å²) >= 11 is 0. The van der Waals surface area contributed by atoms with Crippen molar-refractivity contribution < 1.29 is 0 Å². The van der Waals surface area contributed by atoms with Crippen LogP contribution in [-0.2, 0) is 20.6 Å². The van der Waals surface area contributed by atoms with Crippen molar-refractivity contribution in [2.75, 3.05) is 0 Å². The van der Waals surface area contributed by atoms with E-state index in [0.29, 0.717) is 17.7 Å². The number of rotatable bonds is 1. The maximum absolute atomic E-state index is 12.0. The molecule has 2 rings (SSSR count). The van der Waals surface area contributed by atoms with Gasteiger partial charge in [-0.2, -0.15) is 0 Å². The van der Waals surface area contributed by atoms with Crippen LogP contribution in [0.2, 0.25) is 0 Å². The van der Waals surface area contributed by atoms with E-state index in [1.807, 2.05) is 0 Å². The van der Waals surface area contributed by atoms with E-state index < -0.39 is 0 Å². The zero-order chi connectivity index (χ0) is 12.6. The second-order valence-electron chi connectivity index (χ2n) is 3.68. The van der Waals surface area contributed by atoms with Gasteiger partial charge in [0, 0.05) is 14.1 Å². The van der Waals surface area contributed by atoms with Crippen LogP contribution in [0.1, 0.15) is 6.92 Å². The van der Waals surface area contributed by atoms with Crippen molar-refractivity contribution in [2.45, 2.75) is 13.5 Å². The Labute approximate surface area is 97.1 Å². The lowest BCUT2D eigenvalue weighted by Gasteiger charge is -2.03. The summed E-state index contributed by atoms with van der Waals surface area (Å²) in [5, 5.41) is 0. The van der Waals surface area contributed by atoms with Gasteiger partial charge in [-0.3, -0.25) is 13.9 Å². The first-order valence-electron chi connectivity index (χ1n) is 5.08. The highest BCUT2D eigenvalue weighted by Gasteiger charge is 2.13. The van der Waals surface area contributed by atoms with Gasteiger partial charge in [0.2, 0.25) is 0 Å². The Morgan fingerprint density at radius 3 is 2.65 bits per heavy atom. The van der Waals surface area contributed by atoms with Crippen molar-refractivity contribution in [3.63, 3.8) is 0 Å². The van der Waals surface area contributed by atoms with Crippen LogP contribution < -0.4 is 11.2 Å². The standard InChI is InChI=1S/C11H12N4O2/c1-4-5-6-15-7-12-9-8(15)10(16)14(3)11(17)13(9)2/h7H,6H2,1-3H3. The van der Waals surface area contributed by atoms with Crippen LogP contribution >= 0.6 is 0 Å². The molecule has 17 heavy (non-hydrogen) atoms. The van der Waals surface area contributed by atoms with Crippen LogP contribution in [0.4, 0.5) is 0 Å². The van der Waals surface area contributed by atoms with Crippen LogP contribution in [-0.4, -0.2) is 18.7 Å². The van der Waals surface area contributed by atoms with Gasteiger partial charge < -0.3 is 4.57 Å². The van der Waals surface area contributed by atoms with E-state index in [2.05, 4.69) is 16.8 Å². The summed E-state index contributed by atoms with van der Waals surface area (Å²) in [4.78, 5) is 27.7. The Bertz CT molecular complexity index is 752. The van der Waals surface area contributed by atoms with Crippen molar-refractivity contribution >= 4 is 11.2 Å². The Morgan fingerprint density at radius 2 is 2.00 bits per heavy atom. The first-order chi connectivity index (χ1) is 8.07. The monoisotopic (exact) mass is 232 g/mol. The predicted molar refractivity (Wildman–Crippen MR) is 63.7 cm³/mol. The molecule has 0 atom stereocenters. The molecule has 2 heterocycles. The summed E-state index contributed by atoms with van der Waals surface area (Å²) in [7, 11) is 3.04. The van der Waals surface area contributed by atoms with E-state index in [0.717, 1.165) is 4.57 Å². The van der Waals surface area contributed by atoms with Crippen LogP contribution in [0, 0.1) is 11.8 Å². The van der Waals surface area contributed by atoms with Crippen LogP contribution in [0.5, 0.6) is 0 Å². The van der Waals surface area contributed by atoms with Gasteiger partial charge in [-0.25, -0.2) is 9.78 Å². The Kier molecular flexibility index (Phi) is 2.60. The largest absolute Gasteiger partial charge is 0.332 e. The SMILES string of the molecule is CC#CCn1cnc2c1c(=O)n(C)c(=O)n2C. The zero-order valence-electron chi connectivity index (χ0n) is 9.89. The lowest BCUT2D eigenvalue weighted by atomic mass is 10.5. The molecule has 0 unspecified atom stereocenters. The molecule has 0 amide bonds. The third kappa shape index (κ3) is 1.56. The van der Waals surface area contributed by atoms with E-state index in [1.54, 1.807) is 18.5 Å². The minimum atomic E-state index is -0.380. The highest BCUT2D eigenvalue weighted by atomic mass is 16.2. The number of nitrogens with zero attached hydrogens (tertiary/aromatic N) is 4. The van der Waals surface area contributed by atoms with Crippen LogP contribution in [0.3, 0.4) is 0 Å². The van der Waals surface area contributed by atoms with Gasteiger partial charge in [-0.05, 0) is 6.92 Å². The second-order valence-corrected chi connectivity index (χ2v) is 3.68. The number of imidazole rings is 1. The molecule has 0 aliphatic carbocycles. The molecule has 2 aromatic heterocycles. The van der Waals surface area contributed by atoms with Gasteiger partial charge in [-0.15, -0.1) is 5.92 Å². The fourth-order valence-electron chi connectivity index (χ4n) is 1.68. The second kappa shape index (κ2) is 3.94. The molecule has 0 spiro atoms. The van der Waals surface area contributed by atoms with Crippen molar-refractivity contribution in [2.24, 2.45) is 14.1 Å². The summed E-state index contributed by atoms with van der Waals surface area (Å²) in [5.41, 5.74) is 0.0566. The molecule has 88 valence electrons. The van der Waals surface area contributed by atoms with E-state index in [1.165, 1.54) is 17.9 Å². The Balaban J connectivity index is 2.89. The summed E-state index contributed by atoms with van der Waals surface area (Å²) < 4.78 is 4.07. The van der Waals surface area contributed by atoms with Gasteiger partial charge >= 0.3 is 5.69 Å². The molecular weight excluding hydrogens is 220 g/mol. The molecule has 0 fully saturated rings. The number of hydrogen-bond donors (Lipinski definition) is 0. The molecule has 0 aromatic carbocycles. The van der Waals surface area contributed by atoms with Gasteiger partial charge in [0.15, 0.2) is 11.2 Å². The van der Waals surface area contributed by atoms with E-state index in [9.17, 15) is 9.59 Å². The molecule has 6 nitrogen and oxygen atoms in total. The zero-order valence-corrected chi connectivity index (χ0v) is 9.89. The molecule has 0 bridgehead atoms. The van der Waals surface area contributed by atoms with Crippen molar-refractivity contribution in [3.05, 3.63) is 27.2 Å². The molecule has 0 aliphatic heterocycles. The third-order valence-corrected chi connectivity index (χ3v) is 2.64. The molecule has 0 saturated heterocycles. The van der Waals surface area contributed by atoms with Crippen LogP contribution in [0.15, 0.2) is 15.9 Å². The van der Waals surface area contributed by atoms with E-state index in [4.69, 9.17) is 0 Å². The summed E-state index contributed by atoms with van der Waals surface area (Å²) in [6, 6.07) is 0. The number of aryl methyl sites for hydroxylation is 1. The Hall–Kier alpha value is -2.29. The topological polar surface area (TPSA) is 61.8 Å². The first-order valence-corrected chi connectivity index (χ1v) is 5.08. The maximum atomic E-state index is 12.0. The normalized spacial score (nSPS) is 10.3. The molecule has 2 aromatic rings. The summed E-state index contributed by atoms with van der Waals surface area (Å²) in [6.45, 7) is 2.12. The highest BCUT2D eigenvalue weighted by molar-refractivity contribution is 5.70. The quantitative estimate of drug-likeness (QED) is 0.620. The molecule has 0 aliphatic rings. The fourth-order valence-corrected chi connectivity index (χ4v) is 1.68. The fraction of sp³-hybridized carbons (Fsp3) is 0.364. The van der Waals surface area contributed by atoms with Crippen molar-refractivity contribution in [1.82, 2.24) is 18.7 Å². The minimum absolute atomic E-state index is 0.349. The number of hydrogen-bond acceptors (Lipinski definition) is 3. The molecule has 6 heteroatoms. The predicted octanol–water partition coefficient (Wildman–Crippen LogP) is -0.543. The molecule has 0 N–H and O–H groups in total.